The first-order valence-corrected chi connectivity index (χ1v) is 4.93. The number of nitrogens with one attached hydrogen (secondary N) is 1. The standard InChI is InChI=1S/C7H9ClN2S/c8-5-1-6(10-2-5)7-3-9-4-11-7/h3-6,10H,1-2H2/t5-,6-/m1/s1. The van der Waals surface area contributed by atoms with E-state index in [1.54, 1.807) is 11.3 Å². The minimum Gasteiger partial charge on any atom is -0.308 e. The molecule has 0 bridgehead atoms. The van der Waals surface area contributed by atoms with E-state index in [9.17, 15) is 0 Å². The van der Waals surface area contributed by atoms with Crippen molar-refractivity contribution in [1.29, 1.82) is 0 Å². The van der Waals surface area contributed by atoms with E-state index >= 15 is 0 Å². The molecule has 2 rings (SSSR count). The van der Waals surface area contributed by atoms with Crippen LogP contribution >= 0.6 is 22.9 Å². The van der Waals surface area contributed by atoms with Crippen LogP contribution in [0.25, 0.3) is 0 Å². The summed E-state index contributed by atoms with van der Waals surface area (Å²) in [6.07, 6.45) is 2.95. The van der Waals surface area contributed by atoms with Gasteiger partial charge in [-0.15, -0.1) is 22.9 Å². The van der Waals surface area contributed by atoms with E-state index in [0.29, 0.717) is 11.4 Å². The third-order valence-electron chi connectivity index (χ3n) is 1.87. The fourth-order valence-electron chi connectivity index (χ4n) is 1.31. The van der Waals surface area contributed by atoms with Gasteiger partial charge in [0.15, 0.2) is 0 Å². The Morgan fingerprint density at radius 3 is 3.18 bits per heavy atom. The molecule has 0 aliphatic carbocycles. The highest BCUT2D eigenvalue weighted by atomic mass is 35.5. The fraction of sp³-hybridized carbons (Fsp3) is 0.571. The lowest BCUT2D eigenvalue weighted by Gasteiger charge is -2.04. The van der Waals surface area contributed by atoms with Crippen LogP contribution in [0.2, 0.25) is 0 Å². The molecule has 0 spiro atoms. The number of thiazole rings is 1. The molecule has 0 amide bonds. The van der Waals surface area contributed by atoms with Gasteiger partial charge in [-0.25, -0.2) is 0 Å². The van der Waals surface area contributed by atoms with Crippen molar-refractivity contribution in [2.75, 3.05) is 6.54 Å². The molecule has 0 unspecified atom stereocenters. The van der Waals surface area contributed by atoms with Crippen LogP contribution in [-0.2, 0) is 0 Å². The van der Waals surface area contributed by atoms with Gasteiger partial charge in [0.1, 0.15) is 0 Å². The maximum absolute atomic E-state index is 5.95. The lowest BCUT2D eigenvalue weighted by molar-refractivity contribution is 0.658. The van der Waals surface area contributed by atoms with Gasteiger partial charge in [0, 0.05) is 29.0 Å². The molecule has 2 heterocycles. The van der Waals surface area contributed by atoms with Crippen LogP contribution in [0, 0.1) is 0 Å². The Bertz CT molecular complexity index is 224. The summed E-state index contributed by atoms with van der Waals surface area (Å²) in [6.45, 7) is 0.921. The lowest BCUT2D eigenvalue weighted by Crippen LogP contribution is -2.12. The summed E-state index contributed by atoms with van der Waals surface area (Å²) in [5.74, 6) is 0. The predicted molar refractivity (Wildman–Crippen MR) is 47.1 cm³/mol. The topological polar surface area (TPSA) is 24.9 Å². The average Bonchev–Trinajstić information content (AvgIpc) is 2.55. The number of rotatable bonds is 1. The van der Waals surface area contributed by atoms with E-state index in [4.69, 9.17) is 11.6 Å². The second-order valence-corrected chi connectivity index (χ2v) is 4.23. The molecule has 1 aromatic rings. The van der Waals surface area contributed by atoms with Crippen molar-refractivity contribution in [3.05, 3.63) is 16.6 Å². The van der Waals surface area contributed by atoms with Gasteiger partial charge in [0.25, 0.3) is 0 Å². The number of aromatic nitrogens is 1. The molecular formula is C7H9ClN2S. The first-order valence-electron chi connectivity index (χ1n) is 3.62. The van der Waals surface area contributed by atoms with E-state index in [1.165, 1.54) is 4.88 Å². The summed E-state index contributed by atoms with van der Waals surface area (Å²) in [7, 11) is 0. The maximum atomic E-state index is 5.95. The minimum absolute atomic E-state index is 0.294. The Balaban J connectivity index is 2.08. The van der Waals surface area contributed by atoms with Crippen molar-refractivity contribution in [3.8, 4) is 0 Å². The average molecular weight is 189 g/mol. The van der Waals surface area contributed by atoms with Crippen molar-refractivity contribution in [1.82, 2.24) is 10.3 Å². The second-order valence-electron chi connectivity index (χ2n) is 2.70. The summed E-state index contributed by atoms with van der Waals surface area (Å²) < 4.78 is 0. The van der Waals surface area contributed by atoms with Crippen molar-refractivity contribution in [3.63, 3.8) is 0 Å². The first kappa shape index (κ1) is 7.53. The number of halogens is 1. The van der Waals surface area contributed by atoms with Crippen molar-refractivity contribution in [2.45, 2.75) is 17.8 Å². The quantitative estimate of drug-likeness (QED) is 0.680. The van der Waals surface area contributed by atoms with Crippen molar-refractivity contribution < 1.29 is 0 Å². The van der Waals surface area contributed by atoms with Gasteiger partial charge in [0.2, 0.25) is 0 Å². The van der Waals surface area contributed by atoms with E-state index in [2.05, 4.69) is 10.3 Å². The highest BCUT2D eigenvalue weighted by Crippen LogP contribution is 2.27. The Hall–Kier alpha value is -0.120. The first-order chi connectivity index (χ1) is 5.36. The third-order valence-corrected chi connectivity index (χ3v) is 3.09. The number of alkyl halides is 1. The minimum atomic E-state index is 0.294. The molecule has 1 N–H and O–H groups in total. The van der Waals surface area contributed by atoms with Gasteiger partial charge < -0.3 is 5.32 Å². The van der Waals surface area contributed by atoms with Gasteiger partial charge in [-0.3, -0.25) is 4.98 Å². The maximum Gasteiger partial charge on any atom is 0.0794 e. The summed E-state index contributed by atoms with van der Waals surface area (Å²) in [6, 6.07) is 0.449. The van der Waals surface area contributed by atoms with E-state index in [0.717, 1.165) is 13.0 Å². The van der Waals surface area contributed by atoms with Gasteiger partial charge in [0.05, 0.1) is 5.51 Å². The summed E-state index contributed by atoms with van der Waals surface area (Å²) in [4.78, 5) is 5.33. The molecule has 2 atom stereocenters. The zero-order chi connectivity index (χ0) is 7.68. The van der Waals surface area contributed by atoms with E-state index < -0.39 is 0 Å². The molecule has 11 heavy (non-hydrogen) atoms. The fourth-order valence-corrected chi connectivity index (χ4v) is 2.28. The molecule has 1 saturated heterocycles. The molecular weight excluding hydrogens is 180 g/mol. The highest BCUT2D eigenvalue weighted by molar-refractivity contribution is 7.09. The van der Waals surface area contributed by atoms with Crippen LogP contribution in [0.5, 0.6) is 0 Å². The van der Waals surface area contributed by atoms with Crippen LogP contribution in [0.4, 0.5) is 0 Å². The lowest BCUT2D eigenvalue weighted by atomic mass is 10.2. The van der Waals surface area contributed by atoms with Crippen LogP contribution in [0.15, 0.2) is 11.7 Å². The smallest absolute Gasteiger partial charge is 0.0794 e. The highest BCUT2D eigenvalue weighted by Gasteiger charge is 2.24. The van der Waals surface area contributed by atoms with Gasteiger partial charge >= 0.3 is 0 Å². The molecule has 1 aromatic heterocycles. The van der Waals surface area contributed by atoms with E-state index in [1.807, 2.05) is 11.7 Å². The zero-order valence-electron chi connectivity index (χ0n) is 5.96. The summed E-state index contributed by atoms with van der Waals surface area (Å²) in [5.41, 5.74) is 1.86. The number of hydrogen-bond acceptors (Lipinski definition) is 3. The Kier molecular flexibility index (Phi) is 2.11. The predicted octanol–water partition coefficient (Wildman–Crippen LogP) is 1.78. The molecule has 0 saturated carbocycles. The normalized spacial score (nSPS) is 31.0. The molecule has 0 aromatic carbocycles. The third kappa shape index (κ3) is 1.55. The van der Waals surface area contributed by atoms with Gasteiger partial charge in [-0.2, -0.15) is 0 Å². The zero-order valence-corrected chi connectivity index (χ0v) is 7.53. The van der Waals surface area contributed by atoms with Gasteiger partial charge in [-0.05, 0) is 6.42 Å². The van der Waals surface area contributed by atoms with Crippen LogP contribution in [-0.4, -0.2) is 16.9 Å². The molecule has 1 fully saturated rings. The van der Waals surface area contributed by atoms with Crippen LogP contribution in [0.3, 0.4) is 0 Å². The van der Waals surface area contributed by atoms with Crippen molar-refractivity contribution >= 4 is 22.9 Å². The molecule has 2 nitrogen and oxygen atoms in total. The van der Waals surface area contributed by atoms with Crippen LogP contribution < -0.4 is 5.32 Å². The SMILES string of the molecule is Cl[C@H]1CN[C@@H](c2cncs2)C1. The molecule has 1 aliphatic rings. The molecule has 0 radical (unpaired) electrons. The summed E-state index contributed by atoms with van der Waals surface area (Å²) >= 11 is 7.64. The Morgan fingerprint density at radius 1 is 1.73 bits per heavy atom. The molecule has 1 aliphatic heterocycles. The number of nitrogens with zero attached hydrogens (tertiary/aromatic N) is 1. The Labute approximate surface area is 74.6 Å². The molecule has 60 valence electrons. The number of hydrogen-bond donors (Lipinski definition) is 1. The van der Waals surface area contributed by atoms with Crippen LogP contribution in [0.1, 0.15) is 17.3 Å². The van der Waals surface area contributed by atoms with Gasteiger partial charge in [-0.1, -0.05) is 0 Å². The Morgan fingerprint density at radius 2 is 2.64 bits per heavy atom. The molecule has 4 heteroatoms. The monoisotopic (exact) mass is 188 g/mol. The van der Waals surface area contributed by atoms with E-state index in [-0.39, 0.29) is 0 Å². The second kappa shape index (κ2) is 3.09. The largest absolute Gasteiger partial charge is 0.308 e. The summed E-state index contributed by atoms with van der Waals surface area (Å²) in [5, 5.41) is 3.64. The van der Waals surface area contributed by atoms with Crippen molar-refractivity contribution in [2.24, 2.45) is 0 Å².